The van der Waals surface area contributed by atoms with Crippen molar-refractivity contribution >= 4 is 6.47 Å². The van der Waals surface area contributed by atoms with E-state index in [-0.39, 0.29) is 0 Å². The summed E-state index contributed by atoms with van der Waals surface area (Å²) in [7, 11) is 0. The van der Waals surface area contributed by atoms with E-state index in [1.165, 1.54) is 0 Å². The molecule has 72 valence electrons. The minimum atomic E-state index is 0.482. The van der Waals surface area contributed by atoms with E-state index in [2.05, 4.69) is 9.72 Å². The maximum absolute atomic E-state index is 9.46. The summed E-state index contributed by atoms with van der Waals surface area (Å²) >= 11 is 0. The van der Waals surface area contributed by atoms with Gasteiger partial charge in [0.05, 0.1) is 6.61 Å². The average Bonchev–Trinajstić information content (AvgIpc) is 2.22. The monoisotopic (exact) mass is 181 g/mol. The molecule has 1 aromatic heterocycles. The van der Waals surface area contributed by atoms with Crippen LogP contribution in [0.25, 0.3) is 0 Å². The quantitative estimate of drug-likeness (QED) is 0.527. The fourth-order valence-electron chi connectivity index (χ4n) is 0.588. The van der Waals surface area contributed by atoms with Crippen LogP contribution in [0.5, 0.6) is 0 Å². The van der Waals surface area contributed by atoms with Crippen LogP contribution in [0.15, 0.2) is 30.6 Å². The molecule has 0 saturated carbocycles. The average molecular weight is 181 g/mol. The lowest BCUT2D eigenvalue weighted by atomic mass is 10.4. The largest absolute Gasteiger partial charge is 0.468 e. The fraction of sp³-hybridized carbons (Fsp3) is 0.400. The van der Waals surface area contributed by atoms with Crippen molar-refractivity contribution in [2.75, 3.05) is 6.61 Å². The van der Waals surface area contributed by atoms with Crippen LogP contribution in [-0.4, -0.2) is 18.1 Å². The number of carbonyl (C=O) groups excluding carboxylic acids is 1. The number of hydrogen-bond donors (Lipinski definition) is 0. The van der Waals surface area contributed by atoms with E-state index in [1.54, 1.807) is 12.4 Å². The molecule has 1 heterocycles. The van der Waals surface area contributed by atoms with Gasteiger partial charge in [-0.05, 0) is 18.6 Å². The van der Waals surface area contributed by atoms with E-state index in [0.717, 1.165) is 12.8 Å². The Morgan fingerprint density at radius 3 is 2.31 bits per heavy atom. The highest BCUT2D eigenvalue weighted by molar-refractivity contribution is 5.36. The van der Waals surface area contributed by atoms with E-state index in [0.29, 0.717) is 13.1 Å². The van der Waals surface area contributed by atoms with E-state index < -0.39 is 0 Å². The Bertz CT molecular complexity index is 163. The van der Waals surface area contributed by atoms with Gasteiger partial charge in [0.15, 0.2) is 0 Å². The Hall–Kier alpha value is -1.38. The van der Waals surface area contributed by atoms with Crippen molar-refractivity contribution < 1.29 is 9.53 Å². The van der Waals surface area contributed by atoms with Crippen molar-refractivity contribution in [2.45, 2.75) is 19.8 Å². The lowest BCUT2D eigenvalue weighted by Gasteiger charge is -1.90. The van der Waals surface area contributed by atoms with Crippen molar-refractivity contribution in [3.05, 3.63) is 30.6 Å². The van der Waals surface area contributed by atoms with Gasteiger partial charge in [0, 0.05) is 12.4 Å². The van der Waals surface area contributed by atoms with Gasteiger partial charge < -0.3 is 4.74 Å². The van der Waals surface area contributed by atoms with E-state index in [4.69, 9.17) is 0 Å². The third-order valence-electron chi connectivity index (χ3n) is 1.25. The van der Waals surface area contributed by atoms with Crippen molar-refractivity contribution in [3.8, 4) is 0 Å². The van der Waals surface area contributed by atoms with Gasteiger partial charge in [0.25, 0.3) is 6.47 Å². The van der Waals surface area contributed by atoms with Gasteiger partial charge in [-0.15, -0.1) is 0 Å². The molecule has 0 unspecified atom stereocenters. The first-order valence-corrected chi connectivity index (χ1v) is 4.32. The smallest absolute Gasteiger partial charge is 0.293 e. The zero-order chi connectivity index (χ0) is 9.78. The molecule has 3 heteroatoms. The molecule has 3 nitrogen and oxygen atoms in total. The Labute approximate surface area is 78.8 Å². The van der Waals surface area contributed by atoms with Crippen LogP contribution in [0.4, 0.5) is 0 Å². The van der Waals surface area contributed by atoms with E-state index in [1.807, 2.05) is 25.1 Å². The lowest BCUT2D eigenvalue weighted by molar-refractivity contribution is -0.128. The molecule has 0 aliphatic rings. The molecule has 0 atom stereocenters. The van der Waals surface area contributed by atoms with Gasteiger partial charge in [0.1, 0.15) is 0 Å². The molecule has 1 aromatic rings. The van der Waals surface area contributed by atoms with Gasteiger partial charge >= 0.3 is 0 Å². The predicted octanol–water partition coefficient (Wildman–Crippen LogP) is 2.04. The molecule has 0 aliphatic carbocycles. The molecule has 13 heavy (non-hydrogen) atoms. The number of carbonyl (C=O) groups is 1. The maximum Gasteiger partial charge on any atom is 0.293 e. The Kier molecular flexibility index (Phi) is 9.49. The van der Waals surface area contributed by atoms with Crippen LogP contribution < -0.4 is 0 Å². The second-order valence-electron chi connectivity index (χ2n) is 2.35. The highest BCUT2D eigenvalue weighted by Gasteiger charge is 1.78. The van der Waals surface area contributed by atoms with Crippen molar-refractivity contribution in [1.82, 2.24) is 4.98 Å². The normalized spacial score (nSPS) is 8.08. The zero-order valence-electron chi connectivity index (χ0n) is 7.85. The highest BCUT2D eigenvalue weighted by atomic mass is 16.5. The summed E-state index contributed by atoms with van der Waals surface area (Å²) in [5, 5.41) is 0. The molecule has 0 N–H and O–H groups in total. The first kappa shape index (κ1) is 11.6. The maximum atomic E-state index is 9.46. The third-order valence-corrected chi connectivity index (χ3v) is 1.25. The Morgan fingerprint density at radius 1 is 1.31 bits per heavy atom. The number of ether oxygens (including phenoxy) is 1. The number of hydrogen-bond acceptors (Lipinski definition) is 3. The molecule has 0 saturated heterocycles. The lowest BCUT2D eigenvalue weighted by Crippen LogP contribution is -1.88. The number of pyridine rings is 1. The van der Waals surface area contributed by atoms with Gasteiger partial charge in [0.2, 0.25) is 0 Å². The predicted molar refractivity (Wildman–Crippen MR) is 51.2 cm³/mol. The number of unbranched alkanes of at least 4 members (excludes halogenated alkanes) is 1. The number of nitrogens with zero attached hydrogens (tertiary/aromatic N) is 1. The van der Waals surface area contributed by atoms with E-state index in [9.17, 15) is 4.79 Å². The molecule has 0 aliphatic heterocycles. The number of aromatic nitrogens is 1. The van der Waals surface area contributed by atoms with Crippen molar-refractivity contribution in [2.24, 2.45) is 0 Å². The minimum Gasteiger partial charge on any atom is -0.468 e. The summed E-state index contributed by atoms with van der Waals surface area (Å²) in [6.45, 7) is 3.10. The molecule has 0 aromatic carbocycles. The molecule has 1 rings (SSSR count). The second-order valence-corrected chi connectivity index (χ2v) is 2.35. The molecule has 0 amide bonds. The van der Waals surface area contributed by atoms with Crippen molar-refractivity contribution in [1.29, 1.82) is 0 Å². The van der Waals surface area contributed by atoms with Crippen LogP contribution in [0.3, 0.4) is 0 Å². The van der Waals surface area contributed by atoms with Gasteiger partial charge in [-0.2, -0.15) is 0 Å². The van der Waals surface area contributed by atoms with Crippen LogP contribution in [0, 0.1) is 0 Å². The highest BCUT2D eigenvalue weighted by Crippen LogP contribution is 1.83. The minimum absolute atomic E-state index is 0.482. The first-order chi connectivity index (χ1) is 6.41. The Morgan fingerprint density at radius 2 is 2.00 bits per heavy atom. The Balaban J connectivity index is 0.000000223. The molecule has 0 bridgehead atoms. The summed E-state index contributed by atoms with van der Waals surface area (Å²) < 4.78 is 4.39. The third kappa shape index (κ3) is 10.6. The fourth-order valence-corrected chi connectivity index (χ4v) is 0.588. The molecular formula is C10H15NO2. The summed E-state index contributed by atoms with van der Waals surface area (Å²) in [5.74, 6) is 0. The number of rotatable bonds is 4. The van der Waals surface area contributed by atoms with Crippen LogP contribution >= 0.6 is 0 Å². The first-order valence-electron chi connectivity index (χ1n) is 4.32. The van der Waals surface area contributed by atoms with Gasteiger partial charge in [-0.3, -0.25) is 9.78 Å². The van der Waals surface area contributed by atoms with E-state index >= 15 is 0 Å². The summed E-state index contributed by atoms with van der Waals surface area (Å²) in [4.78, 5) is 13.2. The molecular weight excluding hydrogens is 166 g/mol. The summed E-state index contributed by atoms with van der Waals surface area (Å²) in [6, 6.07) is 5.72. The standard InChI is InChI=1S/C5H5N.C5H10O2/c1-2-4-6-5-3-1;1-2-3-4-7-5-6/h1-5H;5H,2-4H2,1H3. The summed E-state index contributed by atoms with van der Waals surface area (Å²) in [5.41, 5.74) is 0. The van der Waals surface area contributed by atoms with Gasteiger partial charge in [-0.25, -0.2) is 0 Å². The summed E-state index contributed by atoms with van der Waals surface area (Å²) in [6.07, 6.45) is 5.55. The van der Waals surface area contributed by atoms with Crippen LogP contribution in [-0.2, 0) is 9.53 Å². The van der Waals surface area contributed by atoms with Crippen molar-refractivity contribution in [3.63, 3.8) is 0 Å². The molecule has 0 spiro atoms. The topological polar surface area (TPSA) is 39.2 Å². The molecule has 0 radical (unpaired) electrons. The van der Waals surface area contributed by atoms with Gasteiger partial charge in [-0.1, -0.05) is 19.4 Å². The zero-order valence-corrected chi connectivity index (χ0v) is 7.85. The molecule has 0 fully saturated rings. The second kappa shape index (κ2) is 10.6. The van der Waals surface area contributed by atoms with Crippen LogP contribution in [0.1, 0.15) is 19.8 Å². The SMILES string of the molecule is CCCCOC=O.c1ccncc1. The van der Waals surface area contributed by atoms with Crippen LogP contribution in [0.2, 0.25) is 0 Å².